The number of hydrogen-bond acceptors (Lipinski definition) is 4. The molecule has 25 heavy (non-hydrogen) atoms. The minimum absolute atomic E-state index is 0.0660. The van der Waals surface area contributed by atoms with Crippen LogP contribution >= 0.6 is 0 Å². The van der Waals surface area contributed by atoms with Crippen LogP contribution in [-0.2, 0) is 0 Å². The fraction of sp³-hybridized carbons (Fsp3) is 0.444. The van der Waals surface area contributed by atoms with Crippen molar-refractivity contribution in [1.29, 1.82) is 0 Å². The van der Waals surface area contributed by atoms with Crippen molar-refractivity contribution in [2.45, 2.75) is 47.6 Å². The number of aromatic nitrogens is 5. The van der Waals surface area contributed by atoms with E-state index in [-0.39, 0.29) is 11.9 Å². The molecule has 7 nitrogen and oxygen atoms in total. The molecule has 0 aliphatic heterocycles. The van der Waals surface area contributed by atoms with E-state index in [9.17, 15) is 4.79 Å². The summed E-state index contributed by atoms with van der Waals surface area (Å²) >= 11 is 0. The molecule has 3 heterocycles. The van der Waals surface area contributed by atoms with E-state index >= 15 is 0 Å². The smallest absolute Gasteiger partial charge is 0.257 e. The lowest BCUT2D eigenvalue weighted by atomic mass is 10.2. The molecule has 1 amide bonds. The molecule has 0 unspecified atom stereocenters. The third kappa shape index (κ3) is 3.14. The van der Waals surface area contributed by atoms with Crippen molar-refractivity contribution in [2.75, 3.05) is 6.54 Å². The summed E-state index contributed by atoms with van der Waals surface area (Å²) in [5, 5.41) is 11.9. The minimum Gasteiger partial charge on any atom is -0.350 e. The second-order valence-corrected chi connectivity index (χ2v) is 6.67. The first-order valence-electron chi connectivity index (χ1n) is 8.42. The van der Waals surface area contributed by atoms with Gasteiger partial charge in [0.05, 0.1) is 17.4 Å². The van der Waals surface area contributed by atoms with E-state index in [1.807, 2.05) is 58.4 Å². The lowest BCUT2D eigenvalue weighted by Gasteiger charge is -2.15. The molecule has 7 heteroatoms. The van der Waals surface area contributed by atoms with Crippen molar-refractivity contribution < 1.29 is 4.79 Å². The van der Waals surface area contributed by atoms with Crippen LogP contribution in [0.15, 0.2) is 12.1 Å². The van der Waals surface area contributed by atoms with Gasteiger partial charge in [0.1, 0.15) is 5.56 Å². The molecule has 0 aromatic carbocycles. The minimum atomic E-state index is -0.154. The van der Waals surface area contributed by atoms with Crippen molar-refractivity contribution in [3.63, 3.8) is 0 Å². The largest absolute Gasteiger partial charge is 0.350 e. The molecule has 0 fully saturated rings. The predicted octanol–water partition coefficient (Wildman–Crippen LogP) is 2.46. The lowest BCUT2D eigenvalue weighted by Crippen LogP contribution is -2.30. The number of rotatable bonds is 4. The first-order valence-corrected chi connectivity index (χ1v) is 8.42. The molecular formula is C18H24N6O. The first kappa shape index (κ1) is 17.1. The average molecular weight is 340 g/mol. The zero-order valence-electron chi connectivity index (χ0n) is 15.6. The highest BCUT2D eigenvalue weighted by molar-refractivity contribution is 6.01. The second kappa shape index (κ2) is 6.31. The van der Waals surface area contributed by atoms with Crippen LogP contribution in [0.25, 0.3) is 5.65 Å². The Balaban J connectivity index is 1.83. The van der Waals surface area contributed by atoms with Crippen molar-refractivity contribution in [2.24, 2.45) is 0 Å². The highest BCUT2D eigenvalue weighted by Crippen LogP contribution is 2.16. The molecule has 1 N–H and O–H groups in total. The van der Waals surface area contributed by atoms with Gasteiger partial charge in [-0.25, -0.2) is 9.50 Å². The Hall–Kier alpha value is -2.70. The van der Waals surface area contributed by atoms with Gasteiger partial charge in [-0.1, -0.05) is 0 Å². The van der Waals surface area contributed by atoms with E-state index in [1.54, 1.807) is 4.52 Å². The SMILES string of the molecule is Cc1cc(C)n2nc(C)c(C(=O)NC[C@@H](C)n3nc(C)cc3C)c2n1. The zero-order valence-corrected chi connectivity index (χ0v) is 15.6. The van der Waals surface area contributed by atoms with Crippen LogP contribution in [0.5, 0.6) is 0 Å². The molecule has 132 valence electrons. The average Bonchev–Trinajstić information content (AvgIpc) is 3.03. The summed E-state index contributed by atoms with van der Waals surface area (Å²) in [6.45, 7) is 12.2. The maximum absolute atomic E-state index is 12.8. The Morgan fingerprint density at radius 3 is 2.40 bits per heavy atom. The topological polar surface area (TPSA) is 77.1 Å². The van der Waals surface area contributed by atoms with Crippen LogP contribution in [0.4, 0.5) is 0 Å². The molecule has 3 aromatic rings. The van der Waals surface area contributed by atoms with E-state index in [2.05, 4.69) is 20.5 Å². The standard InChI is InChI=1S/C18H24N6O/c1-10-7-13(4)24-17(20-10)16(15(6)22-24)18(25)19-9-14(5)23-12(3)8-11(2)21-23/h7-8,14H,9H2,1-6H3,(H,19,25)/t14-/m1/s1. The van der Waals surface area contributed by atoms with Gasteiger partial charge in [-0.2, -0.15) is 10.2 Å². The highest BCUT2D eigenvalue weighted by atomic mass is 16.1. The van der Waals surface area contributed by atoms with Crippen LogP contribution < -0.4 is 5.32 Å². The summed E-state index contributed by atoms with van der Waals surface area (Å²) in [6, 6.07) is 4.05. The fourth-order valence-electron chi connectivity index (χ4n) is 3.20. The third-order valence-electron chi connectivity index (χ3n) is 4.32. The zero-order chi connectivity index (χ0) is 18.3. The Morgan fingerprint density at radius 2 is 1.76 bits per heavy atom. The maximum Gasteiger partial charge on any atom is 0.257 e. The van der Waals surface area contributed by atoms with Gasteiger partial charge in [-0.05, 0) is 53.7 Å². The monoisotopic (exact) mass is 340 g/mol. The normalized spacial score (nSPS) is 12.6. The molecule has 0 saturated carbocycles. The van der Waals surface area contributed by atoms with Gasteiger partial charge in [0.15, 0.2) is 5.65 Å². The number of carbonyl (C=O) groups excluding carboxylic acids is 1. The van der Waals surface area contributed by atoms with Crippen LogP contribution in [-0.4, -0.2) is 36.8 Å². The summed E-state index contributed by atoms with van der Waals surface area (Å²) in [4.78, 5) is 17.3. The van der Waals surface area contributed by atoms with E-state index in [0.717, 1.165) is 22.8 Å². The van der Waals surface area contributed by atoms with E-state index in [1.165, 1.54) is 0 Å². The van der Waals surface area contributed by atoms with Crippen LogP contribution in [0, 0.1) is 34.6 Å². The van der Waals surface area contributed by atoms with E-state index < -0.39 is 0 Å². The lowest BCUT2D eigenvalue weighted by molar-refractivity contribution is 0.0948. The van der Waals surface area contributed by atoms with Crippen LogP contribution in [0.1, 0.15) is 51.8 Å². The first-order chi connectivity index (χ1) is 11.8. The Kier molecular flexibility index (Phi) is 4.32. The molecule has 1 atom stereocenters. The molecule has 3 aromatic heterocycles. The maximum atomic E-state index is 12.8. The number of fused-ring (bicyclic) bond motifs is 1. The van der Waals surface area contributed by atoms with Gasteiger partial charge < -0.3 is 5.32 Å². The quantitative estimate of drug-likeness (QED) is 0.791. The van der Waals surface area contributed by atoms with Gasteiger partial charge in [-0.3, -0.25) is 9.48 Å². The van der Waals surface area contributed by atoms with Gasteiger partial charge in [0.25, 0.3) is 5.91 Å². The van der Waals surface area contributed by atoms with Crippen LogP contribution in [0.3, 0.4) is 0 Å². The van der Waals surface area contributed by atoms with Crippen LogP contribution in [0.2, 0.25) is 0 Å². The predicted molar refractivity (Wildman–Crippen MR) is 95.9 cm³/mol. The molecule has 0 radical (unpaired) electrons. The van der Waals surface area contributed by atoms with E-state index in [4.69, 9.17) is 0 Å². The molecule has 0 aliphatic rings. The number of aryl methyl sites for hydroxylation is 5. The Labute approximate surface area is 147 Å². The number of nitrogens with one attached hydrogen (secondary N) is 1. The van der Waals surface area contributed by atoms with E-state index in [0.29, 0.717) is 23.4 Å². The summed E-state index contributed by atoms with van der Waals surface area (Å²) in [5.74, 6) is -0.154. The number of nitrogens with zero attached hydrogens (tertiary/aromatic N) is 5. The summed E-state index contributed by atoms with van der Waals surface area (Å²) in [5.41, 5.74) is 5.70. The second-order valence-electron chi connectivity index (χ2n) is 6.67. The van der Waals surface area contributed by atoms with Gasteiger partial charge in [-0.15, -0.1) is 0 Å². The fourth-order valence-corrected chi connectivity index (χ4v) is 3.20. The Morgan fingerprint density at radius 1 is 1.08 bits per heavy atom. The Bertz CT molecular complexity index is 952. The number of amides is 1. The van der Waals surface area contributed by atoms with Gasteiger partial charge >= 0.3 is 0 Å². The van der Waals surface area contributed by atoms with Gasteiger partial charge in [0, 0.05) is 23.6 Å². The third-order valence-corrected chi connectivity index (χ3v) is 4.32. The van der Waals surface area contributed by atoms with Gasteiger partial charge in [0.2, 0.25) is 0 Å². The van der Waals surface area contributed by atoms with Crippen molar-refractivity contribution in [1.82, 2.24) is 29.7 Å². The highest BCUT2D eigenvalue weighted by Gasteiger charge is 2.20. The molecule has 3 rings (SSSR count). The molecule has 0 bridgehead atoms. The summed E-state index contributed by atoms with van der Waals surface area (Å²) < 4.78 is 3.66. The molecular weight excluding hydrogens is 316 g/mol. The molecule has 0 aliphatic carbocycles. The van der Waals surface area contributed by atoms with Crippen molar-refractivity contribution in [3.8, 4) is 0 Å². The van der Waals surface area contributed by atoms with Crippen molar-refractivity contribution in [3.05, 3.63) is 46.2 Å². The summed E-state index contributed by atoms with van der Waals surface area (Å²) in [6.07, 6.45) is 0. The molecule has 0 spiro atoms. The number of hydrogen-bond donors (Lipinski definition) is 1. The van der Waals surface area contributed by atoms with Crippen molar-refractivity contribution >= 4 is 11.6 Å². The number of carbonyl (C=O) groups is 1. The molecule has 0 saturated heterocycles. The summed E-state index contributed by atoms with van der Waals surface area (Å²) in [7, 11) is 0.